The monoisotopic (exact) mass is 469 g/mol. The lowest BCUT2D eigenvalue weighted by Crippen LogP contribution is -2.31. The van der Waals surface area contributed by atoms with Gasteiger partial charge >= 0.3 is 6.18 Å². The Balaban J connectivity index is 1.62. The number of imidazole rings is 1. The second-order valence-corrected chi connectivity index (χ2v) is 7.60. The highest BCUT2D eigenvalue weighted by molar-refractivity contribution is 5.94. The van der Waals surface area contributed by atoms with Gasteiger partial charge in [0.1, 0.15) is 17.3 Å². The van der Waals surface area contributed by atoms with E-state index in [0.29, 0.717) is 22.9 Å². The van der Waals surface area contributed by atoms with E-state index in [0.717, 1.165) is 6.07 Å². The van der Waals surface area contributed by atoms with Gasteiger partial charge < -0.3 is 18.6 Å². The van der Waals surface area contributed by atoms with Gasteiger partial charge in [0.2, 0.25) is 0 Å². The number of carbonyl (C=O) groups excluding carboxylic acids is 1. The summed E-state index contributed by atoms with van der Waals surface area (Å²) in [6.07, 6.45) is 0.153. The molecule has 176 valence electrons. The van der Waals surface area contributed by atoms with Gasteiger partial charge in [-0.05, 0) is 42.0 Å². The highest BCUT2D eigenvalue weighted by Gasteiger charge is 2.33. The Morgan fingerprint density at radius 1 is 1.09 bits per heavy atom. The molecule has 0 aliphatic carbocycles. The fourth-order valence-electron chi connectivity index (χ4n) is 3.65. The molecule has 0 atom stereocenters. The summed E-state index contributed by atoms with van der Waals surface area (Å²) >= 11 is 0. The molecule has 0 bridgehead atoms. The number of ether oxygens (including phenoxy) is 1. The molecule has 4 rings (SSSR count). The van der Waals surface area contributed by atoms with E-state index in [9.17, 15) is 18.0 Å². The van der Waals surface area contributed by atoms with Crippen molar-refractivity contribution in [3.63, 3.8) is 0 Å². The Bertz CT molecular complexity index is 1250. The molecule has 2 aromatic heterocycles. The number of furan rings is 1. The molecule has 0 fully saturated rings. The lowest BCUT2D eigenvalue weighted by molar-refractivity contribution is -0.138. The molecule has 0 aliphatic heterocycles. The van der Waals surface area contributed by atoms with Crippen LogP contribution in [0.25, 0.3) is 0 Å². The molecule has 0 radical (unpaired) electrons. The maximum atomic E-state index is 13.5. The molecule has 9 heteroatoms. The van der Waals surface area contributed by atoms with Crippen LogP contribution in [0.1, 0.15) is 33.1 Å². The summed E-state index contributed by atoms with van der Waals surface area (Å²) in [6.45, 7) is 0.194. The summed E-state index contributed by atoms with van der Waals surface area (Å²) < 4.78 is 52.6. The van der Waals surface area contributed by atoms with Crippen molar-refractivity contribution in [1.29, 1.82) is 0 Å². The normalized spacial score (nSPS) is 11.4. The van der Waals surface area contributed by atoms with Crippen molar-refractivity contribution in [2.24, 2.45) is 0 Å². The van der Waals surface area contributed by atoms with Crippen LogP contribution in [-0.2, 0) is 25.8 Å². The van der Waals surface area contributed by atoms with Gasteiger partial charge in [-0.2, -0.15) is 13.2 Å². The molecule has 0 saturated heterocycles. The molecule has 0 spiro atoms. The van der Waals surface area contributed by atoms with Crippen LogP contribution in [-0.4, -0.2) is 27.5 Å². The molecular weight excluding hydrogens is 447 g/mol. The number of hydrogen-bond acceptors (Lipinski definition) is 4. The second-order valence-electron chi connectivity index (χ2n) is 7.60. The van der Waals surface area contributed by atoms with Gasteiger partial charge in [-0.15, -0.1) is 0 Å². The quantitative estimate of drug-likeness (QED) is 0.347. The fourth-order valence-corrected chi connectivity index (χ4v) is 3.65. The standard InChI is InChI=1S/C25H22F3N3O3/c1-33-20-8-4-7-18(14-20)24(32)31(16-21-9-5-13-34-21)17-23-29-11-12-30(23)15-19-6-2-3-10-22(19)25(26,27)28/h2-14H,15-17H2,1H3. The zero-order valence-corrected chi connectivity index (χ0v) is 18.3. The number of carbonyl (C=O) groups is 1. The van der Waals surface area contributed by atoms with Crippen LogP contribution < -0.4 is 4.74 Å². The Morgan fingerprint density at radius 2 is 1.91 bits per heavy atom. The van der Waals surface area contributed by atoms with Crippen LogP contribution in [0.4, 0.5) is 13.2 Å². The van der Waals surface area contributed by atoms with Crippen molar-refractivity contribution >= 4 is 5.91 Å². The van der Waals surface area contributed by atoms with E-state index < -0.39 is 11.7 Å². The molecular formula is C25H22F3N3O3. The molecule has 0 saturated carbocycles. The Kier molecular flexibility index (Phi) is 6.72. The highest BCUT2D eigenvalue weighted by atomic mass is 19.4. The van der Waals surface area contributed by atoms with Gasteiger partial charge in [0, 0.05) is 24.5 Å². The predicted octanol–water partition coefficient (Wildman–Crippen LogP) is 5.39. The number of aromatic nitrogens is 2. The van der Waals surface area contributed by atoms with Crippen molar-refractivity contribution in [1.82, 2.24) is 14.5 Å². The zero-order valence-electron chi connectivity index (χ0n) is 18.3. The largest absolute Gasteiger partial charge is 0.497 e. The molecule has 0 unspecified atom stereocenters. The minimum atomic E-state index is -4.47. The van der Waals surface area contributed by atoms with Crippen LogP contribution in [0.5, 0.6) is 5.75 Å². The predicted molar refractivity (Wildman–Crippen MR) is 118 cm³/mol. The van der Waals surface area contributed by atoms with Crippen molar-refractivity contribution in [2.75, 3.05) is 7.11 Å². The fraction of sp³-hybridized carbons (Fsp3) is 0.200. The number of hydrogen-bond donors (Lipinski definition) is 0. The third-order valence-electron chi connectivity index (χ3n) is 5.33. The molecule has 0 N–H and O–H groups in total. The van der Waals surface area contributed by atoms with Crippen LogP contribution in [0.3, 0.4) is 0 Å². The highest BCUT2D eigenvalue weighted by Crippen LogP contribution is 2.32. The molecule has 4 aromatic rings. The Hall–Kier alpha value is -4.01. The number of benzene rings is 2. The first-order valence-corrected chi connectivity index (χ1v) is 10.5. The maximum Gasteiger partial charge on any atom is 0.416 e. The van der Waals surface area contributed by atoms with Crippen LogP contribution in [0.15, 0.2) is 83.7 Å². The SMILES string of the molecule is COc1cccc(C(=O)N(Cc2ccco2)Cc2nccn2Cc2ccccc2C(F)(F)F)c1. The summed E-state index contributed by atoms with van der Waals surface area (Å²) in [5.41, 5.74) is -0.174. The zero-order chi connectivity index (χ0) is 24.1. The summed E-state index contributed by atoms with van der Waals surface area (Å²) in [5, 5.41) is 0. The molecule has 0 aliphatic rings. The van der Waals surface area contributed by atoms with Gasteiger partial charge in [0.15, 0.2) is 0 Å². The first kappa shape index (κ1) is 23.2. The molecule has 34 heavy (non-hydrogen) atoms. The van der Waals surface area contributed by atoms with E-state index in [4.69, 9.17) is 9.15 Å². The summed E-state index contributed by atoms with van der Waals surface area (Å²) in [7, 11) is 1.51. The second kappa shape index (κ2) is 9.86. The van der Waals surface area contributed by atoms with Gasteiger partial charge in [-0.1, -0.05) is 24.3 Å². The van der Waals surface area contributed by atoms with Gasteiger partial charge in [0.25, 0.3) is 5.91 Å². The van der Waals surface area contributed by atoms with E-state index in [1.165, 1.54) is 36.6 Å². The lowest BCUT2D eigenvalue weighted by atomic mass is 10.1. The lowest BCUT2D eigenvalue weighted by Gasteiger charge is -2.23. The van der Waals surface area contributed by atoms with E-state index in [2.05, 4.69) is 4.98 Å². The van der Waals surface area contributed by atoms with Gasteiger partial charge in [0.05, 0.1) is 32.0 Å². The number of rotatable bonds is 8. The topological polar surface area (TPSA) is 60.5 Å². The van der Waals surface area contributed by atoms with Crippen LogP contribution in [0, 0.1) is 0 Å². The van der Waals surface area contributed by atoms with Crippen molar-refractivity contribution in [3.8, 4) is 5.75 Å². The Labute approximate surface area is 194 Å². The molecule has 2 aromatic carbocycles. The van der Waals surface area contributed by atoms with E-state index in [1.54, 1.807) is 53.2 Å². The summed E-state index contributed by atoms with van der Waals surface area (Å²) in [4.78, 5) is 19.2. The minimum absolute atomic E-state index is 0.0348. The smallest absolute Gasteiger partial charge is 0.416 e. The van der Waals surface area contributed by atoms with Crippen LogP contribution in [0.2, 0.25) is 0 Å². The first-order chi connectivity index (χ1) is 16.3. The number of alkyl halides is 3. The minimum Gasteiger partial charge on any atom is -0.497 e. The number of nitrogens with zero attached hydrogens (tertiary/aromatic N) is 3. The maximum absolute atomic E-state index is 13.5. The average molecular weight is 469 g/mol. The average Bonchev–Trinajstić information content (AvgIpc) is 3.50. The van der Waals surface area contributed by atoms with E-state index in [-0.39, 0.29) is 31.1 Å². The van der Waals surface area contributed by atoms with Crippen molar-refractivity contribution < 1.29 is 27.1 Å². The van der Waals surface area contributed by atoms with Gasteiger partial charge in [-0.25, -0.2) is 4.98 Å². The van der Waals surface area contributed by atoms with E-state index >= 15 is 0 Å². The Morgan fingerprint density at radius 3 is 2.65 bits per heavy atom. The van der Waals surface area contributed by atoms with Crippen molar-refractivity contribution in [3.05, 3.63) is 108 Å². The molecule has 2 heterocycles. The first-order valence-electron chi connectivity index (χ1n) is 10.5. The van der Waals surface area contributed by atoms with Gasteiger partial charge in [-0.3, -0.25) is 4.79 Å². The number of methoxy groups -OCH3 is 1. The summed E-state index contributed by atoms with van der Waals surface area (Å²) in [6, 6.07) is 15.6. The third-order valence-corrected chi connectivity index (χ3v) is 5.33. The number of halogens is 3. The van der Waals surface area contributed by atoms with Crippen molar-refractivity contribution in [2.45, 2.75) is 25.8 Å². The third kappa shape index (κ3) is 5.31. The van der Waals surface area contributed by atoms with E-state index in [1.807, 2.05) is 0 Å². The van der Waals surface area contributed by atoms with Crippen LogP contribution >= 0.6 is 0 Å². The number of amides is 1. The summed E-state index contributed by atoms with van der Waals surface area (Å²) in [5.74, 6) is 1.26. The molecule has 6 nitrogen and oxygen atoms in total. The molecule has 1 amide bonds.